The van der Waals surface area contributed by atoms with Gasteiger partial charge in [0.25, 0.3) is 5.91 Å². The van der Waals surface area contributed by atoms with Gasteiger partial charge in [0, 0.05) is 12.4 Å². The highest BCUT2D eigenvalue weighted by Crippen LogP contribution is 2.40. The largest absolute Gasteiger partial charge is 0.493 e. The smallest absolute Gasteiger partial charge is 0.295 e. The molecule has 0 radical (unpaired) electrons. The molecule has 0 aliphatic carbocycles. The zero-order chi connectivity index (χ0) is 21.7. The molecule has 1 N–H and O–H groups in total. The van der Waals surface area contributed by atoms with Gasteiger partial charge in [-0.1, -0.05) is 18.2 Å². The first-order valence-electron chi connectivity index (χ1n) is 9.80. The van der Waals surface area contributed by atoms with Crippen LogP contribution in [-0.4, -0.2) is 35.4 Å². The Morgan fingerprint density at radius 3 is 2.20 bits per heavy atom. The third-order valence-electron chi connectivity index (χ3n) is 4.45. The van der Waals surface area contributed by atoms with Crippen molar-refractivity contribution < 1.29 is 24.1 Å². The molecule has 0 saturated carbocycles. The summed E-state index contributed by atoms with van der Waals surface area (Å²) in [7, 11) is 1.72. The summed E-state index contributed by atoms with van der Waals surface area (Å²) in [5.74, 6) is 0.590. The van der Waals surface area contributed by atoms with Crippen LogP contribution in [0.1, 0.15) is 31.1 Å². The van der Waals surface area contributed by atoms with E-state index in [0.29, 0.717) is 42.5 Å². The van der Waals surface area contributed by atoms with E-state index in [2.05, 4.69) is 10.2 Å². The van der Waals surface area contributed by atoms with Crippen LogP contribution in [0, 0.1) is 0 Å². The second-order valence-corrected chi connectivity index (χ2v) is 6.35. The summed E-state index contributed by atoms with van der Waals surface area (Å²) < 4.78 is 18.5. The van der Waals surface area contributed by atoms with E-state index in [1.165, 1.54) is 0 Å². The van der Waals surface area contributed by atoms with Crippen LogP contribution in [0.4, 0.5) is 5.69 Å². The molecule has 8 nitrogen and oxygen atoms in total. The van der Waals surface area contributed by atoms with E-state index in [4.69, 9.17) is 14.2 Å². The Bertz CT molecular complexity index is 1060. The van der Waals surface area contributed by atoms with Crippen molar-refractivity contribution in [3.63, 3.8) is 0 Å². The summed E-state index contributed by atoms with van der Waals surface area (Å²) in [4.78, 5) is 12.8. The van der Waals surface area contributed by atoms with Gasteiger partial charge in [-0.15, -0.1) is 10.2 Å². The van der Waals surface area contributed by atoms with Gasteiger partial charge < -0.3 is 23.9 Å². The van der Waals surface area contributed by atoms with Gasteiger partial charge in [0.1, 0.15) is 0 Å². The van der Waals surface area contributed by atoms with Gasteiger partial charge in [-0.05, 0) is 39.0 Å². The monoisotopic (exact) mass is 411 g/mol. The van der Waals surface area contributed by atoms with E-state index < -0.39 is 5.91 Å². The van der Waals surface area contributed by atoms with Crippen LogP contribution in [0.5, 0.6) is 23.1 Å². The number of hydrogen-bond acceptors (Lipinski definition) is 6. The number of aryl methyl sites for hydroxylation is 1. The topological polar surface area (TPSA) is 94.6 Å². The molecule has 1 aromatic heterocycles. The highest BCUT2D eigenvalue weighted by atomic mass is 16.5. The molecule has 0 bridgehead atoms. The van der Waals surface area contributed by atoms with Crippen molar-refractivity contribution in [3.8, 4) is 23.1 Å². The van der Waals surface area contributed by atoms with Gasteiger partial charge in [0.2, 0.25) is 11.6 Å². The van der Waals surface area contributed by atoms with Crippen LogP contribution in [0.3, 0.4) is 0 Å². The van der Waals surface area contributed by atoms with Gasteiger partial charge in [0.15, 0.2) is 17.2 Å². The van der Waals surface area contributed by atoms with Crippen LogP contribution in [0.25, 0.3) is 10.9 Å². The summed E-state index contributed by atoms with van der Waals surface area (Å²) in [5.41, 5.74) is 1.27. The number of para-hydroxylation sites is 1. The number of amides is 1. The number of ether oxygens (including phenoxy) is 3. The molecule has 0 atom stereocenters. The van der Waals surface area contributed by atoms with Crippen LogP contribution >= 0.6 is 0 Å². The molecular formula is C22H25N3O5. The van der Waals surface area contributed by atoms with Crippen molar-refractivity contribution >= 4 is 22.5 Å². The fraction of sp³-hybridized carbons (Fsp3) is 0.318. The standard InChI is InChI=1S/C22H25N3O5/c1-5-28-17-12-14(13-18(29-6-2)20(17)30-7-3)21(26)24-23-19-15-10-8-9-11-16(15)25(4)22(19)27/h8-13,27H,5-7H2,1-4H3. The zero-order valence-electron chi connectivity index (χ0n) is 17.5. The Kier molecular flexibility index (Phi) is 6.56. The number of hydrogen-bond donors (Lipinski definition) is 1. The lowest BCUT2D eigenvalue weighted by atomic mass is 10.1. The molecule has 0 unspecified atom stereocenters. The van der Waals surface area contributed by atoms with Crippen LogP contribution in [0.15, 0.2) is 46.6 Å². The summed E-state index contributed by atoms with van der Waals surface area (Å²) in [6.45, 7) is 6.76. The average Bonchev–Trinajstić information content (AvgIpc) is 2.99. The number of fused-ring (bicyclic) bond motifs is 1. The molecule has 3 rings (SSSR count). The first-order valence-corrected chi connectivity index (χ1v) is 9.80. The van der Waals surface area contributed by atoms with Crippen molar-refractivity contribution in [2.24, 2.45) is 17.3 Å². The van der Waals surface area contributed by atoms with Crippen molar-refractivity contribution in [1.29, 1.82) is 0 Å². The van der Waals surface area contributed by atoms with E-state index in [1.807, 2.05) is 45.0 Å². The summed E-state index contributed by atoms with van der Waals surface area (Å²) in [6, 6.07) is 10.5. The Balaban J connectivity index is 2.00. The lowest BCUT2D eigenvalue weighted by Crippen LogP contribution is -2.05. The second kappa shape index (κ2) is 9.30. The Labute approximate surface area is 174 Å². The van der Waals surface area contributed by atoms with Crippen molar-refractivity contribution in [3.05, 3.63) is 42.0 Å². The molecule has 1 heterocycles. The molecule has 0 aliphatic rings. The molecule has 0 fully saturated rings. The van der Waals surface area contributed by atoms with Gasteiger partial charge in [-0.25, -0.2) is 0 Å². The first-order chi connectivity index (χ1) is 14.5. The molecule has 0 aliphatic heterocycles. The van der Waals surface area contributed by atoms with Gasteiger partial charge in [-0.3, -0.25) is 4.79 Å². The van der Waals surface area contributed by atoms with Crippen LogP contribution in [0.2, 0.25) is 0 Å². The predicted octanol–water partition coefficient (Wildman–Crippen LogP) is 5.00. The minimum atomic E-state index is -0.590. The van der Waals surface area contributed by atoms with Gasteiger partial charge in [-0.2, -0.15) is 0 Å². The van der Waals surface area contributed by atoms with Gasteiger partial charge in [0.05, 0.1) is 30.9 Å². The fourth-order valence-electron chi connectivity index (χ4n) is 3.12. The molecule has 0 saturated heterocycles. The minimum Gasteiger partial charge on any atom is -0.493 e. The fourth-order valence-corrected chi connectivity index (χ4v) is 3.12. The lowest BCUT2D eigenvalue weighted by Gasteiger charge is -2.16. The number of benzene rings is 2. The van der Waals surface area contributed by atoms with Crippen molar-refractivity contribution in [2.75, 3.05) is 19.8 Å². The van der Waals surface area contributed by atoms with Crippen LogP contribution < -0.4 is 14.2 Å². The third kappa shape index (κ3) is 4.07. The maximum atomic E-state index is 12.8. The summed E-state index contributed by atoms with van der Waals surface area (Å²) in [5, 5.41) is 18.9. The highest BCUT2D eigenvalue weighted by molar-refractivity contribution is 5.98. The van der Waals surface area contributed by atoms with Gasteiger partial charge >= 0.3 is 0 Å². The van der Waals surface area contributed by atoms with E-state index in [9.17, 15) is 9.90 Å². The maximum Gasteiger partial charge on any atom is 0.295 e. The molecule has 3 aromatic rings. The molecule has 1 amide bonds. The summed E-state index contributed by atoms with van der Waals surface area (Å²) in [6.07, 6.45) is 0. The number of azo groups is 1. The quantitative estimate of drug-likeness (QED) is 0.526. The SMILES string of the molecule is CCOc1cc(C(=O)N=Nc2c(O)n(C)c3ccccc23)cc(OCC)c1OCC. The second-order valence-electron chi connectivity index (χ2n) is 6.35. The molecule has 2 aromatic carbocycles. The number of aromatic hydroxyl groups is 1. The number of carbonyl (C=O) groups is 1. The summed E-state index contributed by atoms with van der Waals surface area (Å²) >= 11 is 0. The Morgan fingerprint density at radius 2 is 1.60 bits per heavy atom. The molecule has 158 valence electrons. The van der Waals surface area contributed by atoms with E-state index in [1.54, 1.807) is 23.7 Å². The van der Waals surface area contributed by atoms with Crippen molar-refractivity contribution in [2.45, 2.75) is 20.8 Å². The number of aromatic nitrogens is 1. The molecule has 8 heteroatoms. The molecule has 0 spiro atoms. The lowest BCUT2D eigenvalue weighted by molar-refractivity contribution is 0.0994. The first kappa shape index (κ1) is 21.2. The number of rotatable bonds is 8. The number of carbonyl (C=O) groups excluding carboxylic acids is 1. The Morgan fingerprint density at radius 1 is 1.00 bits per heavy atom. The molecular weight excluding hydrogens is 386 g/mol. The van der Waals surface area contributed by atoms with E-state index in [0.717, 1.165) is 5.52 Å². The Hall–Kier alpha value is -3.55. The molecule has 30 heavy (non-hydrogen) atoms. The van der Waals surface area contributed by atoms with Crippen LogP contribution in [-0.2, 0) is 7.05 Å². The predicted molar refractivity (Wildman–Crippen MR) is 113 cm³/mol. The average molecular weight is 411 g/mol. The van der Waals surface area contributed by atoms with E-state index in [-0.39, 0.29) is 17.1 Å². The number of nitrogens with zero attached hydrogens (tertiary/aromatic N) is 3. The third-order valence-corrected chi connectivity index (χ3v) is 4.45. The maximum absolute atomic E-state index is 12.8. The highest BCUT2D eigenvalue weighted by Gasteiger charge is 2.19. The normalized spacial score (nSPS) is 11.2. The van der Waals surface area contributed by atoms with E-state index >= 15 is 0 Å². The zero-order valence-corrected chi connectivity index (χ0v) is 17.5. The minimum absolute atomic E-state index is 0.0653. The van der Waals surface area contributed by atoms with Crippen molar-refractivity contribution in [1.82, 2.24) is 4.57 Å².